The summed E-state index contributed by atoms with van der Waals surface area (Å²) in [7, 11) is 0. The van der Waals surface area contributed by atoms with Crippen molar-refractivity contribution in [3.63, 3.8) is 0 Å². The smallest absolute Gasteiger partial charge is 0.239 e. The van der Waals surface area contributed by atoms with E-state index in [1.165, 1.54) is 19.1 Å². The van der Waals surface area contributed by atoms with Gasteiger partial charge in [-0.05, 0) is 43.7 Å². The number of benzene rings is 2. The van der Waals surface area contributed by atoms with Gasteiger partial charge in [0.05, 0.1) is 6.10 Å². The third-order valence-electron chi connectivity index (χ3n) is 5.45. The quantitative estimate of drug-likeness (QED) is 0.272. The molecule has 5 unspecified atom stereocenters. The molecule has 4 rings (SSSR count). The maximum absolute atomic E-state index is 13.3. The van der Waals surface area contributed by atoms with Gasteiger partial charge in [-0.2, -0.15) is 0 Å². The molecule has 1 aliphatic rings. The highest BCUT2D eigenvalue weighted by Crippen LogP contribution is 2.42. The molecule has 0 bridgehead atoms. The number of phenols is 4. The number of aliphatic hydroxyl groups is 3. The van der Waals surface area contributed by atoms with Crippen molar-refractivity contribution in [3.8, 4) is 40.1 Å². The van der Waals surface area contributed by atoms with E-state index in [0.717, 1.165) is 12.1 Å². The Bertz CT molecular complexity index is 1260. The summed E-state index contributed by atoms with van der Waals surface area (Å²) in [6.07, 6.45) is -7.41. The Hall–Kier alpha value is -3.51. The largest absolute Gasteiger partial charge is 0.507 e. The van der Waals surface area contributed by atoms with E-state index >= 15 is 0 Å². The van der Waals surface area contributed by atoms with Crippen LogP contribution in [0.5, 0.6) is 28.7 Å². The molecule has 176 valence electrons. The number of hydrogen-bond acceptors (Lipinski definition) is 11. The minimum Gasteiger partial charge on any atom is -0.507 e. The molecule has 11 heteroatoms. The van der Waals surface area contributed by atoms with Crippen molar-refractivity contribution in [2.45, 2.75) is 44.6 Å². The van der Waals surface area contributed by atoms with Crippen LogP contribution >= 0.6 is 0 Å². The van der Waals surface area contributed by atoms with Gasteiger partial charge in [0.15, 0.2) is 23.0 Å². The van der Waals surface area contributed by atoms with Crippen LogP contribution in [0, 0.1) is 6.92 Å². The molecule has 0 saturated carbocycles. The summed E-state index contributed by atoms with van der Waals surface area (Å²) in [5.41, 5.74) is -0.437. The number of aryl methyl sites for hydroxylation is 1. The van der Waals surface area contributed by atoms with Gasteiger partial charge in [-0.1, -0.05) is 0 Å². The minimum absolute atomic E-state index is 0.0409. The molecule has 11 nitrogen and oxygen atoms in total. The summed E-state index contributed by atoms with van der Waals surface area (Å²) in [5, 5.41) is 69.9. The van der Waals surface area contributed by atoms with E-state index in [0.29, 0.717) is 5.56 Å². The Morgan fingerprint density at radius 3 is 2.15 bits per heavy atom. The fourth-order valence-electron chi connectivity index (χ4n) is 3.68. The number of rotatable bonds is 3. The van der Waals surface area contributed by atoms with Gasteiger partial charge < -0.3 is 49.6 Å². The highest BCUT2D eigenvalue weighted by Gasteiger charge is 2.44. The van der Waals surface area contributed by atoms with E-state index < -0.39 is 64.9 Å². The predicted octanol–water partition coefficient (Wildman–Crippen LogP) is 0.797. The van der Waals surface area contributed by atoms with E-state index in [4.69, 9.17) is 13.9 Å². The molecule has 5 atom stereocenters. The molecule has 1 saturated heterocycles. The van der Waals surface area contributed by atoms with Crippen LogP contribution in [-0.4, -0.2) is 66.5 Å². The van der Waals surface area contributed by atoms with Gasteiger partial charge in [0.2, 0.25) is 17.5 Å². The van der Waals surface area contributed by atoms with Crippen molar-refractivity contribution in [2.24, 2.45) is 0 Å². The monoisotopic (exact) mass is 462 g/mol. The molecule has 0 aliphatic carbocycles. The van der Waals surface area contributed by atoms with Crippen molar-refractivity contribution in [1.29, 1.82) is 0 Å². The number of phenolic OH excluding ortho intramolecular Hbond substituents is 4. The summed E-state index contributed by atoms with van der Waals surface area (Å²) in [6, 6.07) is 4.80. The number of aliphatic hydroxyl groups excluding tert-OH is 3. The first-order valence-electron chi connectivity index (χ1n) is 9.91. The molecule has 0 radical (unpaired) electrons. The van der Waals surface area contributed by atoms with Gasteiger partial charge in [-0.3, -0.25) is 4.79 Å². The second kappa shape index (κ2) is 8.12. The van der Waals surface area contributed by atoms with Gasteiger partial charge in [0.1, 0.15) is 35.0 Å². The lowest BCUT2D eigenvalue weighted by atomic mass is 10.00. The Morgan fingerprint density at radius 2 is 1.52 bits per heavy atom. The Labute approximate surface area is 185 Å². The van der Waals surface area contributed by atoms with Crippen LogP contribution in [0.2, 0.25) is 0 Å². The summed E-state index contributed by atoms with van der Waals surface area (Å²) in [4.78, 5) is 13.3. The van der Waals surface area contributed by atoms with Crippen molar-refractivity contribution >= 4 is 11.0 Å². The van der Waals surface area contributed by atoms with Crippen LogP contribution in [0.15, 0.2) is 33.5 Å². The lowest BCUT2D eigenvalue weighted by Gasteiger charge is -2.38. The lowest BCUT2D eigenvalue weighted by molar-refractivity contribution is -0.268. The van der Waals surface area contributed by atoms with Gasteiger partial charge in [-0.25, -0.2) is 0 Å². The van der Waals surface area contributed by atoms with E-state index in [-0.39, 0.29) is 22.3 Å². The van der Waals surface area contributed by atoms with Crippen LogP contribution in [0.25, 0.3) is 22.3 Å². The van der Waals surface area contributed by atoms with Crippen molar-refractivity contribution in [2.75, 3.05) is 0 Å². The van der Waals surface area contributed by atoms with Gasteiger partial charge in [-0.15, -0.1) is 0 Å². The fourth-order valence-corrected chi connectivity index (χ4v) is 3.68. The van der Waals surface area contributed by atoms with Gasteiger partial charge in [0.25, 0.3) is 0 Å². The highest BCUT2D eigenvalue weighted by molar-refractivity contribution is 5.88. The maximum atomic E-state index is 13.3. The first kappa shape index (κ1) is 22.7. The van der Waals surface area contributed by atoms with Gasteiger partial charge >= 0.3 is 0 Å². The summed E-state index contributed by atoms with van der Waals surface area (Å²) >= 11 is 0. The topological polar surface area (TPSA) is 190 Å². The molecule has 0 amide bonds. The molecular formula is C22H22O11. The number of ether oxygens (including phenoxy) is 2. The molecule has 2 heterocycles. The Kier molecular flexibility index (Phi) is 5.58. The summed E-state index contributed by atoms with van der Waals surface area (Å²) < 4.78 is 16.8. The molecule has 7 N–H and O–H groups in total. The number of fused-ring (bicyclic) bond motifs is 1. The van der Waals surface area contributed by atoms with Crippen molar-refractivity contribution in [1.82, 2.24) is 0 Å². The van der Waals surface area contributed by atoms with Crippen LogP contribution in [-0.2, 0) is 4.74 Å². The molecule has 1 fully saturated rings. The number of aromatic hydroxyl groups is 4. The van der Waals surface area contributed by atoms with Gasteiger partial charge in [0, 0.05) is 5.56 Å². The zero-order valence-electron chi connectivity index (χ0n) is 17.5. The molecule has 33 heavy (non-hydrogen) atoms. The van der Waals surface area contributed by atoms with Crippen LogP contribution < -0.4 is 10.2 Å². The molecule has 0 spiro atoms. The number of hydrogen-bond donors (Lipinski definition) is 7. The molecule has 1 aliphatic heterocycles. The third kappa shape index (κ3) is 3.80. The van der Waals surface area contributed by atoms with Crippen molar-refractivity contribution in [3.05, 3.63) is 40.1 Å². The zero-order chi connectivity index (χ0) is 24.2. The van der Waals surface area contributed by atoms with E-state index in [9.17, 15) is 40.5 Å². The Balaban J connectivity index is 1.95. The Morgan fingerprint density at radius 1 is 0.879 bits per heavy atom. The summed E-state index contributed by atoms with van der Waals surface area (Å²) in [6.45, 7) is 3.08. The average molecular weight is 462 g/mol. The first-order valence-corrected chi connectivity index (χ1v) is 9.91. The molecule has 1 aromatic heterocycles. The van der Waals surface area contributed by atoms with Crippen LogP contribution in [0.4, 0.5) is 0 Å². The minimum atomic E-state index is -1.76. The predicted molar refractivity (Wildman–Crippen MR) is 112 cm³/mol. The van der Waals surface area contributed by atoms with Crippen molar-refractivity contribution < 1.29 is 49.6 Å². The van der Waals surface area contributed by atoms with Crippen LogP contribution in [0.1, 0.15) is 12.5 Å². The third-order valence-corrected chi connectivity index (χ3v) is 5.45. The maximum Gasteiger partial charge on any atom is 0.239 e. The molecular weight excluding hydrogens is 440 g/mol. The lowest BCUT2D eigenvalue weighted by Crippen LogP contribution is -2.58. The van der Waals surface area contributed by atoms with Crippen LogP contribution in [0.3, 0.4) is 0 Å². The standard InChI is InChI=1S/C22H22O11/c1-7-3-10(23)14-13(4-7)32-20(9-5-11(24)16(27)12(25)6-9)21(17(14)28)33-22-19(30)18(29)15(26)8(2)31-22/h3-6,8,15,18-19,22-27,29-30H,1-2H3. The SMILES string of the molecule is Cc1cc(O)c2c(=O)c(OC3OC(C)C(O)C(O)C3O)c(-c3cc(O)c(O)c(O)c3)oc2c1. The van der Waals surface area contributed by atoms with E-state index in [1.54, 1.807) is 6.92 Å². The van der Waals surface area contributed by atoms with E-state index in [1.807, 2.05) is 0 Å². The summed E-state index contributed by atoms with van der Waals surface area (Å²) in [5.74, 6) is -3.53. The second-order valence-corrected chi connectivity index (χ2v) is 7.91. The fraction of sp³-hybridized carbons (Fsp3) is 0.318. The second-order valence-electron chi connectivity index (χ2n) is 7.91. The highest BCUT2D eigenvalue weighted by atomic mass is 16.7. The first-order chi connectivity index (χ1) is 15.5. The average Bonchev–Trinajstić information content (AvgIpc) is 2.74. The molecule has 2 aromatic carbocycles. The normalized spacial score (nSPS) is 25.3. The zero-order valence-corrected chi connectivity index (χ0v) is 17.5. The molecule has 3 aromatic rings. The van der Waals surface area contributed by atoms with E-state index in [2.05, 4.69) is 0 Å².